The summed E-state index contributed by atoms with van der Waals surface area (Å²) in [5.74, 6) is 0.391. The third-order valence-electron chi connectivity index (χ3n) is 1.69. The molecule has 0 fully saturated rings. The van der Waals surface area contributed by atoms with Gasteiger partial charge in [-0.15, -0.1) is 0 Å². The van der Waals surface area contributed by atoms with Crippen LogP contribution >= 0.6 is 0 Å². The molecule has 0 amide bonds. The predicted molar refractivity (Wildman–Crippen MR) is 47.2 cm³/mol. The second-order valence-electron chi connectivity index (χ2n) is 2.57. The Hall–Kier alpha value is -2.42. The average Bonchev–Trinajstić information content (AvgIpc) is 2.70. The third kappa shape index (κ3) is 1.27. The van der Waals surface area contributed by atoms with Crippen molar-refractivity contribution in [2.24, 2.45) is 0 Å². The standard InChI is InChI=1S/C8H5N5O/c9-1-5-2-10-7(13-8(5)14)6-3-11-12-4-6/h2-4H,(H,11,12)(H,10,13,14). The Kier molecular flexibility index (Phi) is 1.84. The number of H-pyrrole nitrogens is 2. The van der Waals surface area contributed by atoms with Crippen molar-refractivity contribution in [2.45, 2.75) is 0 Å². The number of aromatic nitrogens is 4. The van der Waals surface area contributed by atoms with Crippen LogP contribution in [0.1, 0.15) is 5.56 Å². The normalized spacial score (nSPS) is 9.64. The van der Waals surface area contributed by atoms with E-state index >= 15 is 0 Å². The van der Waals surface area contributed by atoms with Gasteiger partial charge in [0, 0.05) is 6.20 Å². The molecule has 0 saturated heterocycles. The number of nitrogens with one attached hydrogen (secondary N) is 2. The lowest BCUT2D eigenvalue weighted by Crippen LogP contribution is -2.11. The van der Waals surface area contributed by atoms with Crippen LogP contribution in [0.25, 0.3) is 11.4 Å². The van der Waals surface area contributed by atoms with Crippen molar-refractivity contribution in [3.05, 3.63) is 34.5 Å². The molecule has 2 rings (SSSR count). The molecule has 2 heterocycles. The van der Waals surface area contributed by atoms with E-state index in [1.54, 1.807) is 12.3 Å². The summed E-state index contributed by atoms with van der Waals surface area (Å²) in [5.41, 5.74) is 0.225. The number of hydrogen-bond donors (Lipinski definition) is 2. The fraction of sp³-hybridized carbons (Fsp3) is 0. The van der Waals surface area contributed by atoms with Crippen molar-refractivity contribution in [3.8, 4) is 17.5 Å². The zero-order valence-corrected chi connectivity index (χ0v) is 6.98. The lowest BCUT2D eigenvalue weighted by atomic mass is 10.3. The molecule has 0 aliphatic rings. The van der Waals surface area contributed by atoms with E-state index in [0.29, 0.717) is 11.4 Å². The first-order chi connectivity index (χ1) is 6.81. The van der Waals surface area contributed by atoms with Gasteiger partial charge in [-0.05, 0) is 0 Å². The summed E-state index contributed by atoms with van der Waals surface area (Å²) in [5, 5.41) is 14.8. The van der Waals surface area contributed by atoms with E-state index in [0.717, 1.165) is 0 Å². The maximum Gasteiger partial charge on any atom is 0.269 e. The van der Waals surface area contributed by atoms with E-state index < -0.39 is 5.56 Å². The Balaban J connectivity index is 2.55. The predicted octanol–water partition coefficient (Wildman–Crippen LogP) is 0.0317. The molecule has 0 bridgehead atoms. The van der Waals surface area contributed by atoms with Gasteiger partial charge in [-0.25, -0.2) is 4.98 Å². The molecule has 6 heteroatoms. The second kappa shape index (κ2) is 3.14. The van der Waals surface area contributed by atoms with Gasteiger partial charge in [0.15, 0.2) is 0 Å². The molecule has 2 aromatic heterocycles. The van der Waals surface area contributed by atoms with Gasteiger partial charge in [-0.1, -0.05) is 0 Å². The minimum atomic E-state index is -0.446. The number of nitrogens with zero attached hydrogens (tertiary/aromatic N) is 3. The maximum atomic E-state index is 11.2. The van der Waals surface area contributed by atoms with Crippen molar-refractivity contribution >= 4 is 0 Å². The van der Waals surface area contributed by atoms with Crippen LogP contribution < -0.4 is 5.56 Å². The topological polar surface area (TPSA) is 98.2 Å². The van der Waals surface area contributed by atoms with Crippen LogP contribution in [-0.2, 0) is 0 Å². The Morgan fingerprint density at radius 1 is 1.43 bits per heavy atom. The number of nitriles is 1. The first-order valence-electron chi connectivity index (χ1n) is 3.80. The van der Waals surface area contributed by atoms with Crippen LogP contribution in [0.2, 0.25) is 0 Å². The Bertz CT molecular complexity index is 534. The number of hydrogen-bond acceptors (Lipinski definition) is 4. The summed E-state index contributed by atoms with van der Waals surface area (Å²) in [6.07, 6.45) is 4.37. The van der Waals surface area contributed by atoms with E-state index in [4.69, 9.17) is 5.26 Å². The van der Waals surface area contributed by atoms with Crippen LogP contribution in [0.15, 0.2) is 23.4 Å². The quantitative estimate of drug-likeness (QED) is 0.658. The third-order valence-corrected chi connectivity index (χ3v) is 1.69. The Morgan fingerprint density at radius 3 is 2.86 bits per heavy atom. The van der Waals surface area contributed by atoms with Crippen LogP contribution in [0.3, 0.4) is 0 Å². The highest BCUT2D eigenvalue weighted by atomic mass is 16.1. The van der Waals surface area contributed by atoms with Gasteiger partial charge in [0.25, 0.3) is 5.56 Å². The smallest absolute Gasteiger partial charge is 0.269 e. The van der Waals surface area contributed by atoms with Crippen molar-refractivity contribution in [1.82, 2.24) is 20.2 Å². The molecule has 0 spiro atoms. The van der Waals surface area contributed by atoms with E-state index in [2.05, 4.69) is 20.2 Å². The fourth-order valence-corrected chi connectivity index (χ4v) is 1.00. The largest absolute Gasteiger partial charge is 0.305 e. The highest BCUT2D eigenvalue weighted by molar-refractivity contribution is 5.51. The molecule has 0 aliphatic heterocycles. The fourth-order valence-electron chi connectivity index (χ4n) is 1.00. The zero-order chi connectivity index (χ0) is 9.97. The van der Waals surface area contributed by atoms with Crippen LogP contribution in [0.4, 0.5) is 0 Å². The van der Waals surface area contributed by atoms with Gasteiger partial charge in [-0.3, -0.25) is 9.89 Å². The van der Waals surface area contributed by atoms with Gasteiger partial charge < -0.3 is 4.98 Å². The lowest BCUT2D eigenvalue weighted by molar-refractivity contribution is 1.09. The summed E-state index contributed by atoms with van der Waals surface area (Å²) in [6, 6.07) is 1.74. The van der Waals surface area contributed by atoms with Crippen LogP contribution in [-0.4, -0.2) is 20.2 Å². The highest BCUT2D eigenvalue weighted by Crippen LogP contribution is 2.08. The molecule has 2 aromatic rings. The molecule has 0 saturated carbocycles. The van der Waals surface area contributed by atoms with Gasteiger partial charge in [0.1, 0.15) is 17.5 Å². The first-order valence-corrected chi connectivity index (χ1v) is 3.80. The molecule has 0 unspecified atom stereocenters. The molecule has 68 valence electrons. The molecule has 0 aliphatic carbocycles. The minimum Gasteiger partial charge on any atom is -0.305 e. The van der Waals surface area contributed by atoms with Gasteiger partial charge in [0.2, 0.25) is 0 Å². The number of rotatable bonds is 1. The van der Waals surface area contributed by atoms with Gasteiger partial charge >= 0.3 is 0 Å². The summed E-state index contributed by atoms with van der Waals surface area (Å²) in [6.45, 7) is 0. The highest BCUT2D eigenvalue weighted by Gasteiger charge is 2.03. The van der Waals surface area contributed by atoms with Crippen molar-refractivity contribution in [3.63, 3.8) is 0 Å². The van der Waals surface area contributed by atoms with Gasteiger partial charge in [0.05, 0.1) is 18.0 Å². The zero-order valence-electron chi connectivity index (χ0n) is 6.98. The summed E-state index contributed by atoms with van der Waals surface area (Å²) in [4.78, 5) is 17.6. The Labute approximate surface area is 78.2 Å². The molecule has 0 radical (unpaired) electrons. The van der Waals surface area contributed by atoms with Crippen LogP contribution in [0.5, 0.6) is 0 Å². The average molecular weight is 187 g/mol. The SMILES string of the molecule is N#Cc1cnc(-c2cn[nH]c2)[nH]c1=O. The molecule has 0 aromatic carbocycles. The summed E-state index contributed by atoms with van der Waals surface area (Å²) < 4.78 is 0. The van der Waals surface area contributed by atoms with Crippen LogP contribution in [0, 0.1) is 11.3 Å². The van der Waals surface area contributed by atoms with E-state index in [1.165, 1.54) is 12.4 Å². The van der Waals surface area contributed by atoms with E-state index in [-0.39, 0.29) is 5.56 Å². The molecular formula is C8H5N5O. The molecular weight excluding hydrogens is 182 g/mol. The summed E-state index contributed by atoms with van der Waals surface area (Å²) in [7, 11) is 0. The summed E-state index contributed by atoms with van der Waals surface area (Å²) >= 11 is 0. The van der Waals surface area contributed by atoms with Gasteiger partial charge in [-0.2, -0.15) is 10.4 Å². The van der Waals surface area contributed by atoms with Crippen molar-refractivity contribution in [1.29, 1.82) is 5.26 Å². The second-order valence-corrected chi connectivity index (χ2v) is 2.57. The molecule has 0 atom stereocenters. The lowest BCUT2D eigenvalue weighted by Gasteiger charge is -1.94. The Morgan fingerprint density at radius 2 is 2.29 bits per heavy atom. The molecule has 14 heavy (non-hydrogen) atoms. The monoisotopic (exact) mass is 187 g/mol. The molecule has 6 nitrogen and oxygen atoms in total. The first kappa shape index (κ1) is 8.19. The number of aromatic amines is 2. The minimum absolute atomic E-state index is 0.00255. The van der Waals surface area contributed by atoms with Crippen molar-refractivity contribution < 1.29 is 0 Å². The van der Waals surface area contributed by atoms with E-state index in [9.17, 15) is 4.79 Å². The van der Waals surface area contributed by atoms with E-state index in [1.807, 2.05) is 0 Å². The maximum absolute atomic E-state index is 11.2. The molecule has 2 N–H and O–H groups in total. The van der Waals surface area contributed by atoms with Crippen molar-refractivity contribution in [2.75, 3.05) is 0 Å².